The van der Waals surface area contributed by atoms with Gasteiger partial charge in [-0.25, -0.2) is 0 Å². The minimum absolute atomic E-state index is 0.106. The second-order valence-electron chi connectivity index (χ2n) is 4.51. The fraction of sp³-hybridized carbons (Fsp3) is 0.909. The standard InChI is InChI=1S/C11H20N2O2/c1-9-7-12-4-5-13(11(9)14)10-3-2-6-15-8-10/h9-10,12H,2-8H2,1H3. The average molecular weight is 212 g/mol. The molecule has 2 heterocycles. The maximum absolute atomic E-state index is 12.1. The summed E-state index contributed by atoms with van der Waals surface area (Å²) in [6.07, 6.45) is 2.18. The Kier molecular flexibility index (Phi) is 3.59. The van der Waals surface area contributed by atoms with Gasteiger partial charge >= 0.3 is 0 Å². The summed E-state index contributed by atoms with van der Waals surface area (Å²) in [7, 11) is 0. The van der Waals surface area contributed by atoms with Crippen LogP contribution in [-0.2, 0) is 9.53 Å². The largest absolute Gasteiger partial charge is 0.379 e. The maximum atomic E-state index is 12.1. The van der Waals surface area contributed by atoms with E-state index in [9.17, 15) is 4.79 Å². The van der Waals surface area contributed by atoms with Gasteiger partial charge in [-0.1, -0.05) is 6.92 Å². The van der Waals surface area contributed by atoms with Gasteiger partial charge in [0.1, 0.15) is 0 Å². The van der Waals surface area contributed by atoms with E-state index in [1.165, 1.54) is 0 Å². The zero-order valence-electron chi connectivity index (χ0n) is 9.37. The van der Waals surface area contributed by atoms with Crippen molar-refractivity contribution in [1.82, 2.24) is 10.2 Å². The van der Waals surface area contributed by atoms with Crippen molar-refractivity contribution < 1.29 is 9.53 Å². The summed E-state index contributed by atoms with van der Waals surface area (Å²) < 4.78 is 5.45. The molecule has 2 unspecified atom stereocenters. The van der Waals surface area contributed by atoms with E-state index in [-0.39, 0.29) is 11.8 Å². The quantitative estimate of drug-likeness (QED) is 0.676. The zero-order valence-corrected chi connectivity index (χ0v) is 9.37. The summed E-state index contributed by atoms with van der Waals surface area (Å²) in [4.78, 5) is 14.1. The normalized spacial score (nSPS) is 33.9. The molecule has 0 aliphatic carbocycles. The Bertz CT molecular complexity index is 227. The van der Waals surface area contributed by atoms with E-state index in [0.29, 0.717) is 6.04 Å². The summed E-state index contributed by atoms with van der Waals surface area (Å²) >= 11 is 0. The molecule has 1 N–H and O–H groups in total. The smallest absolute Gasteiger partial charge is 0.227 e. The number of hydrogen-bond acceptors (Lipinski definition) is 3. The van der Waals surface area contributed by atoms with Crippen LogP contribution in [0.1, 0.15) is 19.8 Å². The van der Waals surface area contributed by atoms with E-state index in [2.05, 4.69) is 5.32 Å². The Morgan fingerprint density at radius 2 is 2.40 bits per heavy atom. The van der Waals surface area contributed by atoms with Gasteiger partial charge in [0.15, 0.2) is 0 Å². The number of nitrogens with one attached hydrogen (secondary N) is 1. The molecule has 0 radical (unpaired) electrons. The predicted octanol–water partition coefficient (Wildman–Crippen LogP) is 0.233. The van der Waals surface area contributed by atoms with Crippen molar-refractivity contribution in [1.29, 1.82) is 0 Å². The SMILES string of the molecule is CC1CNCCN(C2CCCOC2)C1=O. The molecule has 1 amide bonds. The van der Waals surface area contributed by atoms with Crippen LogP contribution < -0.4 is 5.32 Å². The van der Waals surface area contributed by atoms with Crippen molar-refractivity contribution in [2.45, 2.75) is 25.8 Å². The van der Waals surface area contributed by atoms with Gasteiger partial charge in [-0.2, -0.15) is 0 Å². The Morgan fingerprint density at radius 3 is 3.13 bits per heavy atom. The van der Waals surface area contributed by atoms with E-state index in [4.69, 9.17) is 4.74 Å². The molecule has 2 fully saturated rings. The first-order valence-electron chi connectivity index (χ1n) is 5.88. The van der Waals surface area contributed by atoms with Crippen molar-refractivity contribution >= 4 is 5.91 Å². The van der Waals surface area contributed by atoms with Crippen LogP contribution in [0.4, 0.5) is 0 Å². The molecule has 4 nitrogen and oxygen atoms in total. The number of carbonyl (C=O) groups is 1. The number of rotatable bonds is 1. The maximum Gasteiger partial charge on any atom is 0.227 e. The molecule has 2 atom stereocenters. The van der Waals surface area contributed by atoms with Crippen LogP contribution in [0.15, 0.2) is 0 Å². The second-order valence-corrected chi connectivity index (χ2v) is 4.51. The average Bonchev–Trinajstić information content (AvgIpc) is 2.44. The molecule has 2 saturated heterocycles. The Labute approximate surface area is 91.0 Å². The molecule has 4 heteroatoms. The van der Waals surface area contributed by atoms with Gasteiger partial charge < -0.3 is 15.0 Å². The zero-order chi connectivity index (χ0) is 10.7. The van der Waals surface area contributed by atoms with Gasteiger partial charge in [-0.15, -0.1) is 0 Å². The molecule has 2 aliphatic rings. The van der Waals surface area contributed by atoms with Gasteiger partial charge in [-0.3, -0.25) is 4.79 Å². The third-order valence-electron chi connectivity index (χ3n) is 3.26. The number of hydrogen-bond donors (Lipinski definition) is 1. The molecule has 2 rings (SSSR count). The minimum atomic E-state index is 0.106. The highest BCUT2D eigenvalue weighted by Gasteiger charge is 2.30. The first-order chi connectivity index (χ1) is 7.29. The van der Waals surface area contributed by atoms with Crippen molar-refractivity contribution in [3.63, 3.8) is 0 Å². The lowest BCUT2D eigenvalue weighted by Crippen LogP contribution is -2.47. The van der Waals surface area contributed by atoms with E-state index in [0.717, 1.165) is 45.7 Å². The van der Waals surface area contributed by atoms with Crippen LogP contribution in [0.5, 0.6) is 0 Å². The van der Waals surface area contributed by atoms with Gasteiger partial charge in [0.25, 0.3) is 0 Å². The fourth-order valence-corrected chi connectivity index (χ4v) is 2.33. The van der Waals surface area contributed by atoms with Gasteiger partial charge in [0.2, 0.25) is 5.91 Å². The molecule has 0 aromatic heterocycles. The Hall–Kier alpha value is -0.610. The van der Waals surface area contributed by atoms with Crippen LogP contribution >= 0.6 is 0 Å². The van der Waals surface area contributed by atoms with Gasteiger partial charge in [0.05, 0.1) is 12.6 Å². The molecular formula is C11H20N2O2. The van der Waals surface area contributed by atoms with E-state index in [1.54, 1.807) is 0 Å². The van der Waals surface area contributed by atoms with E-state index in [1.807, 2.05) is 11.8 Å². The third kappa shape index (κ3) is 2.49. The van der Waals surface area contributed by atoms with Crippen LogP contribution in [-0.4, -0.2) is 49.7 Å². The lowest BCUT2D eigenvalue weighted by atomic mass is 10.1. The first-order valence-corrected chi connectivity index (χ1v) is 5.88. The highest BCUT2D eigenvalue weighted by atomic mass is 16.5. The molecule has 0 aromatic rings. The first kappa shape index (κ1) is 10.9. The van der Waals surface area contributed by atoms with Crippen LogP contribution in [0.3, 0.4) is 0 Å². The fourth-order valence-electron chi connectivity index (χ4n) is 2.33. The number of nitrogens with zero attached hydrogens (tertiary/aromatic N) is 1. The number of carbonyl (C=O) groups excluding carboxylic acids is 1. The van der Waals surface area contributed by atoms with E-state index >= 15 is 0 Å². The summed E-state index contributed by atoms with van der Waals surface area (Å²) in [5, 5.41) is 3.29. The van der Waals surface area contributed by atoms with Crippen molar-refractivity contribution in [3.8, 4) is 0 Å². The van der Waals surface area contributed by atoms with Crippen LogP contribution in [0.2, 0.25) is 0 Å². The molecule has 86 valence electrons. The summed E-state index contributed by atoms with van der Waals surface area (Å²) in [5.74, 6) is 0.393. The number of ether oxygens (including phenoxy) is 1. The summed E-state index contributed by atoms with van der Waals surface area (Å²) in [6.45, 7) is 6.12. The highest BCUT2D eigenvalue weighted by molar-refractivity contribution is 5.79. The van der Waals surface area contributed by atoms with Crippen molar-refractivity contribution in [2.24, 2.45) is 5.92 Å². The molecule has 15 heavy (non-hydrogen) atoms. The van der Waals surface area contributed by atoms with Crippen molar-refractivity contribution in [2.75, 3.05) is 32.8 Å². The third-order valence-corrected chi connectivity index (χ3v) is 3.26. The molecule has 0 bridgehead atoms. The van der Waals surface area contributed by atoms with Gasteiger partial charge in [0, 0.05) is 32.2 Å². The van der Waals surface area contributed by atoms with Crippen LogP contribution in [0, 0.1) is 5.92 Å². The lowest BCUT2D eigenvalue weighted by molar-refractivity contribution is -0.139. The monoisotopic (exact) mass is 212 g/mol. The highest BCUT2D eigenvalue weighted by Crippen LogP contribution is 2.16. The molecule has 0 aromatic carbocycles. The topological polar surface area (TPSA) is 41.6 Å². The summed E-state index contributed by atoms with van der Waals surface area (Å²) in [6, 6.07) is 0.314. The Morgan fingerprint density at radius 1 is 1.53 bits per heavy atom. The van der Waals surface area contributed by atoms with Crippen molar-refractivity contribution in [3.05, 3.63) is 0 Å². The molecule has 2 aliphatic heterocycles. The minimum Gasteiger partial charge on any atom is -0.379 e. The lowest BCUT2D eigenvalue weighted by Gasteiger charge is -2.34. The summed E-state index contributed by atoms with van der Waals surface area (Å²) in [5.41, 5.74) is 0. The van der Waals surface area contributed by atoms with Crippen LogP contribution in [0.25, 0.3) is 0 Å². The number of amides is 1. The molecule has 0 saturated carbocycles. The van der Waals surface area contributed by atoms with Gasteiger partial charge in [-0.05, 0) is 12.8 Å². The second kappa shape index (κ2) is 4.94. The molecule has 0 spiro atoms. The van der Waals surface area contributed by atoms with E-state index < -0.39 is 0 Å². The predicted molar refractivity (Wildman–Crippen MR) is 57.6 cm³/mol. The molecular weight excluding hydrogens is 192 g/mol. The Balaban J connectivity index is 2.00.